The van der Waals surface area contributed by atoms with Gasteiger partial charge in [0.25, 0.3) is 5.91 Å². The molecular weight excluding hydrogens is 388 g/mol. The van der Waals surface area contributed by atoms with Gasteiger partial charge in [-0.1, -0.05) is 0 Å². The van der Waals surface area contributed by atoms with E-state index in [2.05, 4.69) is 5.32 Å². The van der Waals surface area contributed by atoms with Crippen molar-refractivity contribution in [2.24, 2.45) is 0 Å². The van der Waals surface area contributed by atoms with Crippen molar-refractivity contribution in [1.29, 1.82) is 0 Å². The van der Waals surface area contributed by atoms with Gasteiger partial charge in [-0.2, -0.15) is 0 Å². The van der Waals surface area contributed by atoms with Crippen molar-refractivity contribution >= 4 is 21.7 Å². The highest BCUT2D eigenvalue weighted by atomic mass is 32.2. The zero-order valence-electron chi connectivity index (χ0n) is 16.5. The van der Waals surface area contributed by atoms with Gasteiger partial charge in [0.2, 0.25) is 11.7 Å². The molecule has 0 spiro atoms. The van der Waals surface area contributed by atoms with Crippen LogP contribution in [-0.2, 0) is 14.6 Å². The second-order valence-corrected chi connectivity index (χ2v) is 8.63. The van der Waals surface area contributed by atoms with E-state index in [9.17, 15) is 18.0 Å². The van der Waals surface area contributed by atoms with Crippen LogP contribution in [0.3, 0.4) is 0 Å². The first-order chi connectivity index (χ1) is 13.3. The lowest BCUT2D eigenvalue weighted by Crippen LogP contribution is -2.44. The molecule has 9 nitrogen and oxygen atoms in total. The molecule has 0 aromatic heterocycles. The molecule has 0 unspecified atom stereocenters. The number of sulfone groups is 1. The number of carbonyl (C=O) groups excluding carboxylic acids is 2. The highest BCUT2D eigenvalue weighted by Gasteiger charge is 2.34. The standard InChI is InChI=1S/C18H26N2O7S/c1-19-15(21)11-28(23,24)12-7-9-20(10-8-12)18(22)13-5-6-14(25-2)17(27-4)16(13)26-3/h5-6,12H,7-11H2,1-4H3,(H,19,21). The number of piperidine rings is 1. The largest absolute Gasteiger partial charge is 0.493 e. The summed E-state index contributed by atoms with van der Waals surface area (Å²) in [6.07, 6.45) is 0.557. The predicted octanol–water partition coefficient (Wildman–Crippen LogP) is 0.478. The number of nitrogens with zero attached hydrogens (tertiary/aromatic N) is 1. The van der Waals surface area contributed by atoms with Crippen LogP contribution in [0.4, 0.5) is 0 Å². The number of methoxy groups -OCH3 is 3. The average molecular weight is 414 g/mol. The Morgan fingerprint density at radius 1 is 1.07 bits per heavy atom. The third-order valence-corrected chi connectivity index (χ3v) is 6.93. The Morgan fingerprint density at radius 3 is 2.18 bits per heavy atom. The molecule has 1 heterocycles. The third kappa shape index (κ3) is 4.49. The van der Waals surface area contributed by atoms with Crippen LogP contribution in [0.5, 0.6) is 17.2 Å². The molecule has 1 aromatic rings. The highest BCUT2D eigenvalue weighted by Crippen LogP contribution is 2.40. The topological polar surface area (TPSA) is 111 Å². The lowest BCUT2D eigenvalue weighted by molar-refractivity contribution is -0.118. The van der Waals surface area contributed by atoms with Gasteiger partial charge in [0.1, 0.15) is 5.75 Å². The van der Waals surface area contributed by atoms with Crippen molar-refractivity contribution in [1.82, 2.24) is 10.2 Å². The van der Waals surface area contributed by atoms with Crippen LogP contribution < -0.4 is 19.5 Å². The first-order valence-corrected chi connectivity index (χ1v) is 10.5. The third-order valence-electron chi connectivity index (χ3n) is 4.78. The summed E-state index contributed by atoms with van der Waals surface area (Å²) in [5, 5.41) is 1.69. The van der Waals surface area contributed by atoms with E-state index in [0.29, 0.717) is 17.1 Å². The fourth-order valence-corrected chi connectivity index (χ4v) is 4.91. The van der Waals surface area contributed by atoms with Crippen LogP contribution in [0.25, 0.3) is 0 Å². The zero-order chi connectivity index (χ0) is 20.9. The Labute approximate surface area is 164 Å². The number of ether oxygens (including phenoxy) is 3. The molecular formula is C18H26N2O7S. The van der Waals surface area contributed by atoms with Gasteiger partial charge in [-0.15, -0.1) is 0 Å². The van der Waals surface area contributed by atoms with Crippen LogP contribution >= 0.6 is 0 Å². The molecule has 1 aromatic carbocycles. The summed E-state index contributed by atoms with van der Waals surface area (Å²) in [7, 11) is 2.23. The minimum atomic E-state index is -3.55. The molecule has 28 heavy (non-hydrogen) atoms. The summed E-state index contributed by atoms with van der Waals surface area (Å²) < 4.78 is 40.6. The van der Waals surface area contributed by atoms with Crippen molar-refractivity contribution in [3.05, 3.63) is 17.7 Å². The molecule has 1 aliphatic heterocycles. The second kappa shape index (κ2) is 9.13. The maximum atomic E-state index is 13.0. The number of likely N-dealkylation sites (tertiary alicyclic amines) is 1. The smallest absolute Gasteiger partial charge is 0.257 e. The van der Waals surface area contributed by atoms with Gasteiger partial charge in [-0.25, -0.2) is 8.42 Å². The summed E-state index contributed by atoms with van der Waals surface area (Å²) in [4.78, 5) is 26.0. The molecule has 1 N–H and O–H groups in total. The van der Waals surface area contributed by atoms with E-state index in [1.165, 1.54) is 28.4 Å². The zero-order valence-corrected chi connectivity index (χ0v) is 17.3. The van der Waals surface area contributed by atoms with Gasteiger partial charge in [0, 0.05) is 20.1 Å². The fourth-order valence-electron chi connectivity index (χ4n) is 3.23. The van der Waals surface area contributed by atoms with E-state index in [4.69, 9.17) is 14.2 Å². The molecule has 156 valence electrons. The van der Waals surface area contributed by atoms with E-state index in [0.717, 1.165) is 0 Å². The highest BCUT2D eigenvalue weighted by molar-refractivity contribution is 7.92. The van der Waals surface area contributed by atoms with Crippen molar-refractivity contribution in [2.75, 3.05) is 47.2 Å². The van der Waals surface area contributed by atoms with Crippen molar-refractivity contribution < 1.29 is 32.2 Å². The van der Waals surface area contributed by atoms with E-state index < -0.39 is 26.7 Å². The van der Waals surface area contributed by atoms with Gasteiger partial charge >= 0.3 is 0 Å². The Balaban J connectivity index is 2.15. The molecule has 0 aliphatic carbocycles. The first-order valence-electron chi connectivity index (χ1n) is 8.79. The number of carbonyl (C=O) groups is 2. The molecule has 0 saturated carbocycles. The average Bonchev–Trinajstić information content (AvgIpc) is 2.71. The molecule has 1 aliphatic rings. The van der Waals surface area contributed by atoms with Crippen molar-refractivity contribution in [3.8, 4) is 17.2 Å². The van der Waals surface area contributed by atoms with Gasteiger partial charge in [0.05, 0.1) is 32.1 Å². The summed E-state index contributed by atoms with van der Waals surface area (Å²) in [5.41, 5.74) is 0.312. The quantitative estimate of drug-likeness (QED) is 0.691. The Morgan fingerprint density at radius 2 is 1.68 bits per heavy atom. The van der Waals surface area contributed by atoms with E-state index in [-0.39, 0.29) is 37.6 Å². The number of amides is 2. The maximum Gasteiger partial charge on any atom is 0.257 e. The molecule has 0 atom stereocenters. The van der Waals surface area contributed by atoms with Gasteiger partial charge in [-0.05, 0) is 25.0 Å². The molecule has 0 bridgehead atoms. The lowest BCUT2D eigenvalue weighted by atomic mass is 10.1. The summed E-state index contributed by atoms with van der Waals surface area (Å²) in [5.74, 6) is -0.324. The summed E-state index contributed by atoms with van der Waals surface area (Å²) >= 11 is 0. The fraction of sp³-hybridized carbons (Fsp3) is 0.556. The van der Waals surface area contributed by atoms with Crippen LogP contribution in [-0.4, -0.2) is 77.6 Å². The van der Waals surface area contributed by atoms with Gasteiger partial charge in [0.15, 0.2) is 21.3 Å². The first kappa shape index (κ1) is 21.8. The van der Waals surface area contributed by atoms with Crippen LogP contribution in [0.15, 0.2) is 12.1 Å². The number of rotatable bonds is 7. The molecule has 0 radical (unpaired) electrons. The number of hydrogen-bond donors (Lipinski definition) is 1. The van der Waals surface area contributed by atoms with Crippen LogP contribution in [0, 0.1) is 0 Å². The Bertz CT molecular complexity index is 831. The number of hydrogen-bond acceptors (Lipinski definition) is 7. The molecule has 1 saturated heterocycles. The van der Waals surface area contributed by atoms with Gasteiger partial charge < -0.3 is 24.4 Å². The second-order valence-electron chi connectivity index (χ2n) is 6.35. The minimum Gasteiger partial charge on any atom is -0.493 e. The van der Waals surface area contributed by atoms with E-state index >= 15 is 0 Å². The number of benzene rings is 1. The molecule has 2 rings (SSSR count). The van der Waals surface area contributed by atoms with Gasteiger partial charge in [-0.3, -0.25) is 9.59 Å². The Kier molecular flexibility index (Phi) is 7.11. The van der Waals surface area contributed by atoms with E-state index in [1.54, 1.807) is 17.0 Å². The summed E-state index contributed by atoms with van der Waals surface area (Å²) in [6, 6.07) is 3.21. The SMILES string of the molecule is CNC(=O)CS(=O)(=O)C1CCN(C(=O)c2ccc(OC)c(OC)c2OC)CC1. The molecule has 1 fully saturated rings. The lowest BCUT2D eigenvalue weighted by Gasteiger charge is -2.32. The predicted molar refractivity (Wildman–Crippen MR) is 103 cm³/mol. The van der Waals surface area contributed by atoms with E-state index in [1.807, 2.05) is 0 Å². The van der Waals surface area contributed by atoms with Crippen LogP contribution in [0.1, 0.15) is 23.2 Å². The molecule has 2 amide bonds. The molecule has 10 heteroatoms. The Hall–Kier alpha value is -2.49. The van der Waals surface area contributed by atoms with Crippen molar-refractivity contribution in [3.63, 3.8) is 0 Å². The monoisotopic (exact) mass is 414 g/mol. The van der Waals surface area contributed by atoms with Crippen LogP contribution in [0.2, 0.25) is 0 Å². The normalized spacial score (nSPS) is 15.1. The number of nitrogens with one attached hydrogen (secondary N) is 1. The van der Waals surface area contributed by atoms with Crippen molar-refractivity contribution in [2.45, 2.75) is 18.1 Å². The maximum absolute atomic E-state index is 13.0. The minimum absolute atomic E-state index is 0.265. The summed E-state index contributed by atoms with van der Waals surface area (Å²) in [6.45, 7) is 0.544.